The normalized spacial score (nSPS) is 17.5. The smallest absolute Gasteiger partial charge is 0.241 e. The quantitative estimate of drug-likeness (QED) is 0.874. The molecule has 0 aromatic carbocycles. The van der Waals surface area contributed by atoms with Gasteiger partial charge in [-0.2, -0.15) is 0 Å². The third-order valence-corrected chi connectivity index (χ3v) is 4.55. The highest BCUT2D eigenvalue weighted by Gasteiger charge is 2.35. The predicted molar refractivity (Wildman–Crippen MR) is 89.0 cm³/mol. The van der Waals surface area contributed by atoms with Gasteiger partial charge < -0.3 is 10.2 Å². The second kappa shape index (κ2) is 7.63. The summed E-state index contributed by atoms with van der Waals surface area (Å²) in [5.74, 6) is 0.333. The molecule has 0 fully saturated rings. The van der Waals surface area contributed by atoms with Crippen LogP contribution in [0.15, 0.2) is 23.4 Å². The molecule has 1 aromatic rings. The van der Waals surface area contributed by atoms with E-state index in [-0.39, 0.29) is 23.5 Å². The lowest BCUT2D eigenvalue weighted by Crippen LogP contribution is -2.44. The number of hydrogen-bond acceptors (Lipinski definition) is 4. The monoisotopic (exact) mass is 321 g/mol. The first-order chi connectivity index (χ1) is 10.5. The van der Waals surface area contributed by atoms with E-state index in [9.17, 15) is 9.59 Å². The van der Waals surface area contributed by atoms with Gasteiger partial charge in [0, 0.05) is 25.7 Å². The summed E-state index contributed by atoms with van der Waals surface area (Å²) in [6.45, 7) is 7.42. The fraction of sp³-hybridized carbons (Fsp3) is 0.562. The van der Waals surface area contributed by atoms with Crippen LogP contribution >= 0.6 is 11.8 Å². The van der Waals surface area contributed by atoms with Gasteiger partial charge in [0.1, 0.15) is 5.03 Å². The van der Waals surface area contributed by atoms with Crippen molar-refractivity contribution < 1.29 is 9.59 Å². The number of aromatic nitrogens is 1. The number of anilines is 1. The summed E-state index contributed by atoms with van der Waals surface area (Å²) in [5, 5.41) is 3.32. The number of thioether (sulfide) groups is 1. The van der Waals surface area contributed by atoms with E-state index in [2.05, 4.69) is 10.3 Å². The number of hydrogen-bond donors (Lipinski definition) is 1. The Morgan fingerprint density at radius 1 is 1.50 bits per heavy atom. The highest BCUT2D eigenvalue weighted by Crippen LogP contribution is 2.38. The molecule has 1 N–H and O–H groups in total. The topological polar surface area (TPSA) is 62.3 Å². The van der Waals surface area contributed by atoms with Crippen molar-refractivity contribution in [1.29, 1.82) is 0 Å². The van der Waals surface area contributed by atoms with Crippen molar-refractivity contribution in [2.45, 2.75) is 43.9 Å². The summed E-state index contributed by atoms with van der Waals surface area (Å²) in [4.78, 5) is 30.8. The van der Waals surface area contributed by atoms with E-state index in [1.165, 1.54) is 11.8 Å². The third kappa shape index (κ3) is 4.00. The average Bonchev–Trinajstić information content (AvgIpc) is 2.49. The number of pyridine rings is 1. The number of amides is 2. The highest BCUT2D eigenvalue weighted by atomic mass is 32.2. The van der Waals surface area contributed by atoms with Crippen molar-refractivity contribution in [1.82, 2.24) is 10.3 Å². The van der Waals surface area contributed by atoms with Gasteiger partial charge >= 0.3 is 0 Å². The van der Waals surface area contributed by atoms with Crippen LogP contribution < -0.4 is 10.2 Å². The minimum absolute atomic E-state index is 0.00652. The number of fused-ring (bicyclic) bond motifs is 1. The molecule has 2 amide bonds. The molecule has 1 aromatic heterocycles. The molecular formula is C16H23N3O2S. The molecule has 1 aliphatic rings. The molecule has 0 aliphatic carbocycles. The first-order valence-electron chi connectivity index (χ1n) is 7.72. The Kier molecular flexibility index (Phi) is 5.83. The number of rotatable bonds is 6. The van der Waals surface area contributed by atoms with Crippen molar-refractivity contribution in [2.24, 2.45) is 5.92 Å². The first-order valence-corrected chi connectivity index (χ1v) is 8.60. The van der Waals surface area contributed by atoms with Gasteiger partial charge in [0.05, 0.1) is 10.9 Å². The molecule has 120 valence electrons. The minimum atomic E-state index is -0.388. The van der Waals surface area contributed by atoms with Crippen molar-refractivity contribution >= 4 is 29.3 Å². The zero-order valence-corrected chi connectivity index (χ0v) is 14.2. The SMILES string of the molecule is CCCN1C(=O)[C@H](CC(=O)NCC(C)C)Sc2ncccc21. The number of nitrogens with one attached hydrogen (secondary N) is 1. The number of carbonyl (C=O) groups excluding carboxylic acids is 2. The molecule has 1 atom stereocenters. The van der Waals surface area contributed by atoms with Crippen LogP contribution in [0, 0.1) is 5.92 Å². The molecule has 6 heteroatoms. The lowest BCUT2D eigenvalue weighted by atomic mass is 10.2. The summed E-state index contributed by atoms with van der Waals surface area (Å²) in [6, 6.07) is 3.75. The average molecular weight is 321 g/mol. The summed E-state index contributed by atoms with van der Waals surface area (Å²) in [7, 11) is 0. The van der Waals surface area contributed by atoms with E-state index in [1.54, 1.807) is 11.1 Å². The molecule has 1 aliphatic heterocycles. The van der Waals surface area contributed by atoms with Crippen LogP contribution in [0.3, 0.4) is 0 Å². The van der Waals surface area contributed by atoms with Crippen molar-refractivity contribution in [3.05, 3.63) is 18.3 Å². The van der Waals surface area contributed by atoms with Crippen molar-refractivity contribution in [3.8, 4) is 0 Å². The van der Waals surface area contributed by atoms with Crippen molar-refractivity contribution in [3.63, 3.8) is 0 Å². The molecule has 0 bridgehead atoms. The lowest BCUT2D eigenvalue weighted by Gasteiger charge is -2.32. The lowest BCUT2D eigenvalue weighted by molar-refractivity contribution is -0.125. The Hall–Kier alpha value is -1.56. The number of carbonyl (C=O) groups is 2. The molecule has 0 spiro atoms. The highest BCUT2D eigenvalue weighted by molar-refractivity contribution is 8.00. The van der Waals surface area contributed by atoms with Crippen LogP contribution in [-0.2, 0) is 9.59 Å². The summed E-state index contributed by atoms with van der Waals surface area (Å²) in [5.41, 5.74) is 0.859. The second-order valence-electron chi connectivity index (χ2n) is 5.83. The van der Waals surface area contributed by atoms with Crippen LogP contribution in [0.4, 0.5) is 5.69 Å². The van der Waals surface area contributed by atoms with Crippen LogP contribution in [0.2, 0.25) is 0 Å². The molecular weight excluding hydrogens is 298 g/mol. The maximum Gasteiger partial charge on any atom is 0.241 e. The summed E-state index contributed by atoms with van der Waals surface area (Å²) < 4.78 is 0. The molecule has 22 heavy (non-hydrogen) atoms. The van der Waals surface area contributed by atoms with E-state index in [4.69, 9.17) is 0 Å². The maximum atomic E-state index is 12.6. The fourth-order valence-electron chi connectivity index (χ4n) is 2.30. The zero-order chi connectivity index (χ0) is 16.1. The van der Waals surface area contributed by atoms with E-state index < -0.39 is 0 Å². The summed E-state index contributed by atoms with van der Waals surface area (Å²) in [6.07, 6.45) is 2.80. The van der Waals surface area contributed by atoms with Gasteiger partial charge in [-0.15, -0.1) is 0 Å². The minimum Gasteiger partial charge on any atom is -0.356 e. The van der Waals surface area contributed by atoms with Crippen LogP contribution in [0.5, 0.6) is 0 Å². The summed E-state index contributed by atoms with van der Waals surface area (Å²) >= 11 is 1.39. The Bertz CT molecular complexity index is 548. The van der Waals surface area contributed by atoms with E-state index in [0.29, 0.717) is 19.0 Å². The molecule has 2 rings (SSSR count). The Morgan fingerprint density at radius 3 is 2.95 bits per heavy atom. The molecule has 0 unspecified atom stereocenters. The first kappa shape index (κ1) is 16.8. The predicted octanol–water partition coefficient (Wildman–Crippen LogP) is 2.46. The van der Waals surface area contributed by atoms with Gasteiger partial charge in [-0.1, -0.05) is 32.5 Å². The standard InChI is InChI=1S/C16H23N3O2S/c1-4-8-19-12-6-5-7-17-15(12)22-13(16(19)21)9-14(20)18-10-11(2)3/h5-7,11,13H,4,8-10H2,1-3H3,(H,18,20)/t13-/m0/s1. The maximum absolute atomic E-state index is 12.6. The Balaban J connectivity index is 2.10. The van der Waals surface area contributed by atoms with E-state index >= 15 is 0 Å². The number of nitrogens with zero attached hydrogens (tertiary/aromatic N) is 2. The Morgan fingerprint density at radius 2 is 2.27 bits per heavy atom. The van der Waals surface area contributed by atoms with Gasteiger partial charge in [-0.3, -0.25) is 9.59 Å². The van der Waals surface area contributed by atoms with Crippen molar-refractivity contribution in [2.75, 3.05) is 18.0 Å². The molecule has 5 nitrogen and oxygen atoms in total. The van der Waals surface area contributed by atoms with Gasteiger partial charge in [-0.05, 0) is 24.5 Å². The van der Waals surface area contributed by atoms with Gasteiger partial charge in [0.15, 0.2) is 0 Å². The molecule has 0 saturated carbocycles. The van der Waals surface area contributed by atoms with E-state index in [1.807, 2.05) is 32.9 Å². The van der Waals surface area contributed by atoms with Crippen LogP contribution in [-0.4, -0.2) is 35.1 Å². The van der Waals surface area contributed by atoms with Gasteiger partial charge in [0.25, 0.3) is 0 Å². The second-order valence-corrected chi connectivity index (χ2v) is 7.02. The fourth-order valence-corrected chi connectivity index (χ4v) is 3.45. The van der Waals surface area contributed by atoms with Crippen LogP contribution in [0.1, 0.15) is 33.6 Å². The molecule has 0 saturated heterocycles. The molecule has 2 heterocycles. The largest absolute Gasteiger partial charge is 0.356 e. The third-order valence-electron chi connectivity index (χ3n) is 3.36. The van der Waals surface area contributed by atoms with E-state index in [0.717, 1.165) is 17.1 Å². The van der Waals surface area contributed by atoms with Gasteiger partial charge in [-0.25, -0.2) is 4.98 Å². The van der Waals surface area contributed by atoms with Gasteiger partial charge in [0.2, 0.25) is 11.8 Å². The Labute approximate surface area is 135 Å². The molecule has 0 radical (unpaired) electrons. The van der Waals surface area contributed by atoms with Crippen LogP contribution in [0.25, 0.3) is 0 Å². The zero-order valence-electron chi connectivity index (χ0n) is 13.3.